The number of aromatic nitrogens is 4. The molecular weight excluding hydrogens is 432 g/mol. The van der Waals surface area contributed by atoms with Crippen LogP contribution < -0.4 is 5.73 Å². The maximum atomic E-state index is 9.53. The Labute approximate surface area is 196 Å². The van der Waals surface area contributed by atoms with Crippen LogP contribution in [-0.2, 0) is 0 Å². The molecule has 0 saturated carbocycles. The van der Waals surface area contributed by atoms with E-state index in [4.69, 9.17) is 10.7 Å². The van der Waals surface area contributed by atoms with E-state index in [2.05, 4.69) is 35.6 Å². The van der Waals surface area contributed by atoms with Crippen molar-refractivity contribution in [2.24, 2.45) is 0 Å². The first kappa shape index (κ1) is 22.7. The number of nitrogen functional groups attached to an aromatic ring is 1. The van der Waals surface area contributed by atoms with Crippen molar-refractivity contribution >= 4 is 38.5 Å². The summed E-state index contributed by atoms with van der Waals surface area (Å²) in [5.74, 6) is 0.512. The molecule has 3 heterocycles. The van der Waals surface area contributed by atoms with Crippen LogP contribution in [0.1, 0.15) is 51.0 Å². The second-order valence-corrected chi connectivity index (χ2v) is 8.98. The van der Waals surface area contributed by atoms with Gasteiger partial charge in [-0.2, -0.15) is 10.5 Å². The van der Waals surface area contributed by atoms with Gasteiger partial charge in [-0.3, -0.25) is 0 Å². The Morgan fingerprint density at radius 1 is 1.09 bits per heavy atom. The number of hydrogen-bond acceptors (Lipinski definition) is 8. The fourth-order valence-corrected chi connectivity index (χ4v) is 5.21. The molecule has 8 nitrogen and oxygen atoms in total. The summed E-state index contributed by atoms with van der Waals surface area (Å²) in [5.41, 5.74) is 9.31. The number of nitriles is 2. The second kappa shape index (κ2) is 9.53. The van der Waals surface area contributed by atoms with Crippen LogP contribution in [0.5, 0.6) is 0 Å². The maximum Gasteiger partial charge on any atom is 0.179 e. The summed E-state index contributed by atoms with van der Waals surface area (Å²) in [7, 11) is 0. The Bertz CT molecular complexity index is 1350. The Morgan fingerprint density at radius 2 is 1.79 bits per heavy atom. The molecule has 0 fully saturated rings. The molecule has 0 saturated heterocycles. The van der Waals surface area contributed by atoms with E-state index in [1.54, 1.807) is 0 Å². The van der Waals surface area contributed by atoms with Crippen LogP contribution in [0.4, 0.5) is 5.82 Å². The minimum atomic E-state index is -0.00121. The highest BCUT2D eigenvalue weighted by Crippen LogP contribution is 2.41. The topological polar surface area (TPSA) is 120 Å². The van der Waals surface area contributed by atoms with Crippen LogP contribution in [0.25, 0.3) is 32.0 Å². The number of thiazole rings is 1. The Hall–Kier alpha value is -3.53. The molecule has 1 unspecified atom stereocenters. The summed E-state index contributed by atoms with van der Waals surface area (Å²) in [6.45, 7) is 9.49. The zero-order valence-corrected chi connectivity index (χ0v) is 19.9. The smallest absolute Gasteiger partial charge is 0.179 e. The molecule has 0 aliphatic heterocycles. The van der Waals surface area contributed by atoms with E-state index < -0.39 is 0 Å². The molecule has 0 aliphatic carbocycles. The summed E-state index contributed by atoms with van der Waals surface area (Å²) < 4.78 is 3.00. The quantitative estimate of drug-likeness (QED) is 0.405. The number of nitrogens with two attached hydrogens (primary N) is 1. The van der Waals surface area contributed by atoms with Gasteiger partial charge in [-0.1, -0.05) is 26.0 Å². The molecule has 0 bridgehead atoms. The van der Waals surface area contributed by atoms with Gasteiger partial charge in [0.15, 0.2) is 17.0 Å². The molecule has 168 valence electrons. The van der Waals surface area contributed by atoms with Gasteiger partial charge in [-0.05, 0) is 51.5 Å². The third-order valence-electron chi connectivity index (χ3n) is 6.01. The van der Waals surface area contributed by atoms with Gasteiger partial charge in [0.25, 0.3) is 0 Å². The van der Waals surface area contributed by atoms with E-state index in [-0.39, 0.29) is 17.4 Å². The lowest BCUT2D eigenvalue weighted by molar-refractivity contribution is 0.289. The van der Waals surface area contributed by atoms with Gasteiger partial charge >= 0.3 is 0 Å². The molecule has 0 amide bonds. The molecule has 0 aliphatic rings. The van der Waals surface area contributed by atoms with Crippen LogP contribution in [0.3, 0.4) is 0 Å². The number of rotatable bonds is 8. The Balaban J connectivity index is 1.85. The summed E-state index contributed by atoms with van der Waals surface area (Å²) >= 11 is 1.53. The monoisotopic (exact) mass is 458 g/mol. The summed E-state index contributed by atoms with van der Waals surface area (Å²) in [6.07, 6.45) is 1.90. The lowest BCUT2D eigenvalue weighted by Gasteiger charge is -2.21. The fraction of sp³-hybridized carbons (Fsp3) is 0.375. The highest BCUT2D eigenvalue weighted by atomic mass is 32.1. The average molecular weight is 459 g/mol. The zero-order valence-electron chi connectivity index (χ0n) is 19.0. The summed E-state index contributed by atoms with van der Waals surface area (Å²) in [4.78, 5) is 16.2. The Morgan fingerprint density at radius 3 is 2.45 bits per heavy atom. The van der Waals surface area contributed by atoms with Crippen molar-refractivity contribution in [2.45, 2.75) is 39.7 Å². The molecule has 0 radical (unpaired) electrons. The van der Waals surface area contributed by atoms with Gasteiger partial charge in [-0.15, -0.1) is 11.3 Å². The SMILES string of the molecule is CCN(CC)CCCC(C)n1c(N)c(-c2nc3ccccc3s2)c2nc(C#N)c(C#N)nc21. The first-order chi connectivity index (χ1) is 16.0. The van der Waals surface area contributed by atoms with Crippen LogP contribution in [0, 0.1) is 22.7 Å². The van der Waals surface area contributed by atoms with Gasteiger partial charge in [0.2, 0.25) is 0 Å². The molecule has 4 rings (SSSR count). The molecule has 4 aromatic rings. The highest BCUT2D eigenvalue weighted by Gasteiger charge is 2.26. The Kier molecular flexibility index (Phi) is 6.55. The second-order valence-electron chi connectivity index (χ2n) is 7.95. The molecule has 3 aromatic heterocycles. The predicted octanol–water partition coefficient (Wildman–Crippen LogP) is 4.72. The summed E-state index contributed by atoms with van der Waals surface area (Å²) in [5, 5.41) is 19.8. The number of hydrogen-bond donors (Lipinski definition) is 1. The van der Waals surface area contributed by atoms with E-state index in [9.17, 15) is 10.5 Å². The largest absolute Gasteiger partial charge is 0.384 e. The average Bonchev–Trinajstić information content (AvgIpc) is 3.37. The van der Waals surface area contributed by atoms with E-state index in [0.717, 1.165) is 47.7 Å². The lowest BCUT2D eigenvalue weighted by Crippen LogP contribution is -2.24. The minimum Gasteiger partial charge on any atom is -0.384 e. The molecule has 1 atom stereocenters. The van der Waals surface area contributed by atoms with E-state index in [1.807, 2.05) is 41.0 Å². The maximum absolute atomic E-state index is 9.53. The van der Waals surface area contributed by atoms with Crippen LogP contribution >= 0.6 is 11.3 Å². The number of para-hydroxylation sites is 1. The van der Waals surface area contributed by atoms with Gasteiger partial charge in [0.1, 0.15) is 28.5 Å². The molecular formula is C24H26N8S. The predicted molar refractivity (Wildman–Crippen MR) is 132 cm³/mol. The van der Waals surface area contributed by atoms with E-state index in [0.29, 0.717) is 22.5 Å². The van der Waals surface area contributed by atoms with Crippen molar-refractivity contribution in [1.29, 1.82) is 10.5 Å². The van der Waals surface area contributed by atoms with Gasteiger partial charge < -0.3 is 15.2 Å². The number of nitrogens with zero attached hydrogens (tertiary/aromatic N) is 7. The highest BCUT2D eigenvalue weighted by molar-refractivity contribution is 7.21. The third kappa shape index (κ3) is 4.13. The van der Waals surface area contributed by atoms with E-state index in [1.165, 1.54) is 11.3 Å². The zero-order chi connectivity index (χ0) is 23.5. The normalized spacial score (nSPS) is 12.3. The summed E-state index contributed by atoms with van der Waals surface area (Å²) in [6, 6.07) is 11.9. The molecule has 1 aromatic carbocycles. The molecule has 0 spiro atoms. The molecule has 2 N–H and O–H groups in total. The molecule has 9 heteroatoms. The number of fused-ring (bicyclic) bond motifs is 2. The van der Waals surface area contributed by atoms with Gasteiger partial charge in [-0.25, -0.2) is 15.0 Å². The van der Waals surface area contributed by atoms with Gasteiger partial charge in [0.05, 0.1) is 15.8 Å². The van der Waals surface area contributed by atoms with Crippen LogP contribution in [-0.4, -0.2) is 44.1 Å². The minimum absolute atomic E-state index is 0.00121. The van der Waals surface area contributed by atoms with Crippen LogP contribution in [0.15, 0.2) is 24.3 Å². The van der Waals surface area contributed by atoms with Crippen molar-refractivity contribution < 1.29 is 0 Å². The number of anilines is 1. The number of benzene rings is 1. The van der Waals surface area contributed by atoms with Gasteiger partial charge in [0, 0.05) is 6.04 Å². The fourth-order valence-electron chi connectivity index (χ4n) is 4.19. The lowest BCUT2D eigenvalue weighted by atomic mass is 10.1. The van der Waals surface area contributed by atoms with Crippen LogP contribution in [0.2, 0.25) is 0 Å². The van der Waals surface area contributed by atoms with E-state index >= 15 is 0 Å². The first-order valence-corrected chi connectivity index (χ1v) is 11.9. The van der Waals surface area contributed by atoms with Crippen molar-refractivity contribution in [3.05, 3.63) is 35.7 Å². The van der Waals surface area contributed by atoms with Crippen molar-refractivity contribution in [3.8, 4) is 22.7 Å². The standard InChI is InChI=1S/C24H26N8S/c1-4-31(5-2)12-8-9-15(3)32-22(27)20(24-30-16-10-6-7-11-19(16)33-24)21-23(32)29-18(14-26)17(13-25)28-21/h6-7,10-11,15H,4-5,8-9,12,27H2,1-3H3. The van der Waals surface area contributed by atoms with Crippen molar-refractivity contribution in [2.75, 3.05) is 25.4 Å². The third-order valence-corrected chi connectivity index (χ3v) is 7.06. The van der Waals surface area contributed by atoms with Crippen molar-refractivity contribution in [1.82, 2.24) is 24.4 Å². The van der Waals surface area contributed by atoms with Crippen molar-refractivity contribution in [3.63, 3.8) is 0 Å². The molecule has 33 heavy (non-hydrogen) atoms. The first-order valence-electron chi connectivity index (χ1n) is 11.1.